The van der Waals surface area contributed by atoms with Crippen LogP contribution >= 0.6 is 0 Å². The van der Waals surface area contributed by atoms with Crippen LogP contribution in [0.25, 0.3) is 0 Å². The van der Waals surface area contributed by atoms with Crippen molar-refractivity contribution in [2.24, 2.45) is 34.8 Å². The lowest BCUT2D eigenvalue weighted by atomic mass is 9.49. The van der Waals surface area contributed by atoms with E-state index < -0.39 is 0 Å². The van der Waals surface area contributed by atoms with Crippen LogP contribution < -0.4 is 11.1 Å². The van der Waals surface area contributed by atoms with E-state index in [1.807, 2.05) is 11.8 Å². The van der Waals surface area contributed by atoms with Crippen LogP contribution in [0, 0.1) is 29.1 Å². The summed E-state index contributed by atoms with van der Waals surface area (Å²) >= 11 is 0. The van der Waals surface area contributed by atoms with Gasteiger partial charge in [0.05, 0.1) is 6.54 Å². The van der Waals surface area contributed by atoms with Crippen molar-refractivity contribution in [3.05, 3.63) is 0 Å². The Balaban J connectivity index is 1.23. The molecule has 3 N–H and O–H groups in total. The average Bonchev–Trinajstić information content (AvgIpc) is 2.58. The van der Waals surface area contributed by atoms with Gasteiger partial charge in [0.1, 0.15) is 0 Å². The second-order valence-electron chi connectivity index (χ2n) is 9.95. The van der Waals surface area contributed by atoms with E-state index in [-0.39, 0.29) is 29.8 Å². The van der Waals surface area contributed by atoms with Crippen LogP contribution in [-0.4, -0.2) is 42.4 Å². The zero-order valence-corrected chi connectivity index (χ0v) is 16.2. The summed E-state index contributed by atoms with van der Waals surface area (Å²) in [6.07, 6.45) is 10.5. The highest BCUT2D eigenvalue weighted by atomic mass is 16.2. The second-order valence-corrected chi connectivity index (χ2v) is 9.95. The van der Waals surface area contributed by atoms with Crippen molar-refractivity contribution < 1.29 is 9.59 Å². The molecular weight excluding hydrogens is 326 g/mol. The summed E-state index contributed by atoms with van der Waals surface area (Å²) in [5.74, 6) is 3.26. The number of hydrogen-bond acceptors (Lipinski definition) is 3. The van der Waals surface area contributed by atoms with Gasteiger partial charge in [-0.2, -0.15) is 0 Å². The molecule has 5 nitrogen and oxygen atoms in total. The smallest absolute Gasteiger partial charge is 0.241 e. The second kappa shape index (κ2) is 7.14. The highest BCUT2D eigenvalue weighted by molar-refractivity contribution is 5.85. The van der Waals surface area contributed by atoms with Crippen molar-refractivity contribution in [1.82, 2.24) is 10.2 Å². The van der Waals surface area contributed by atoms with Gasteiger partial charge in [0.15, 0.2) is 0 Å². The first-order valence-corrected chi connectivity index (χ1v) is 10.7. The highest BCUT2D eigenvalue weighted by Gasteiger charge is 2.51. The number of amides is 2. The number of nitrogens with one attached hydrogen (secondary N) is 1. The predicted molar refractivity (Wildman–Crippen MR) is 101 cm³/mol. The first-order chi connectivity index (χ1) is 12.4. The summed E-state index contributed by atoms with van der Waals surface area (Å²) in [5.41, 5.74) is 6.22. The normalized spacial score (nSPS) is 37.6. The van der Waals surface area contributed by atoms with Crippen molar-refractivity contribution >= 4 is 11.8 Å². The molecule has 5 heteroatoms. The molecule has 1 heterocycles. The van der Waals surface area contributed by atoms with Gasteiger partial charge in [0, 0.05) is 25.6 Å². The van der Waals surface area contributed by atoms with E-state index in [0.717, 1.165) is 43.7 Å². The number of rotatable bonds is 5. The summed E-state index contributed by atoms with van der Waals surface area (Å²) in [6.45, 7) is 3.76. The van der Waals surface area contributed by atoms with E-state index in [1.54, 1.807) is 0 Å². The maximum Gasteiger partial charge on any atom is 0.241 e. The third-order valence-electron chi connectivity index (χ3n) is 7.77. The topological polar surface area (TPSA) is 75.4 Å². The molecule has 2 amide bonds. The zero-order valence-electron chi connectivity index (χ0n) is 16.2. The van der Waals surface area contributed by atoms with Crippen LogP contribution in [0.5, 0.6) is 0 Å². The van der Waals surface area contributed by atoms with Crippen molar-refractivity contribution in [2.45, 2.75) is 70.8 Å². The molecular formula is C21H35N3O2. The minimum atomic E-state index is 0.0620. The first kappa shape index (κ1) is 18.3. The van der Waals surface area contributed by atoms with E-state index in [9.17, 15) is 9.59 Å². The van der Waals surface area contributed by atoms with Gasteiger partial charge in [-0.3, -0.25) is 9.59 Å². The van der Waals surface area contributed by atoms with Gasteiger partial charge >= 0.3 is 0 Å². The molecule has 0 aromatic heterocycles. The van der Waals surface area contributed by atoms with Gasteiger partial charge in [-0.1, -0.05) is 0 Å². The maximum atomic E-state index is 12.6. The van der Waals surface area contributed by atoms with Crippen molar-refractivity contribution in [3.8, 4) is 0 Å². The molecule has 146 valence electrons. The lowest BCUT2D eigenvalue weighted by molar-refractivity contribution is -0.136. The average molecular weight is 362 g/mol. The summed E-state index contributed by atoms with van der Waals surface area (Å²) in [4.78, 5) is 26.9. The fraction of sp³-hybridized carbons (Fsp3) is 0.905. The largest absolute Gasteiger partial charge is 0.347 e. The molecule has 0 spiro atoms. The summed E-state index contributed by atoms with van der Waals surface area (Å²) in [6, 6.07) is 0.201. The van der Waals surface area contributed by atoms with E-state index >= 15 is 0 Å². The van der Waals surface area contributed by atoms with Gasteiger partial charge in [-0.15, -0.1) is 0 Å². The minimum Gasteiger partial charge on any atom is -0.347 e. The molecule has 1 aliphatic heterocycles. The Kier molecular flexibility index (Phi) is 5.02. The molecule has 5 aliphatic rings. The Morgan fingerprint density at radius 2 is 1.62 bits per heavy atom. The molecule has 1 saturated heterocycles. The van der Waals surface area contributed by atoms with Crippen molar-refractivity contribution in [2.75, 3.05) is 19.6 Å². The number of hydrogen-bond donors (Lipinski definition) is 2. The molecule has 5 rings (SSSR count). The molecule has 0 aromatic rings. The number of carbonyl (C=O) groups is 2. The third-order valence-corrected chi connectivity index (χ3v) is 7.77. The summed E-state index contributed by atoms with van der Waals surface area (Å²) in [7, 11) is 0. The van der Waals surface area contributed by atoms with Crippen LogP contribution in [0.3, 0.4) is 0 Å². The summed E-state index contributed by atoms with van der Waals surface area (Å²) < 4.78 is 0. The van der Waals surface area contributed by atoms with E-state index in [0.29, 0.717) is 12.3 Å². The fourth-order valence-corrected chi connectivity index (χ4v) is 6.87. The lowest BCUT2D eigenvalue weighted by Crippen LogP contribution is -2.49. The molecule has 1 unspecified atom stereocenters. The molecule has 0 aromatic carbocycles. The van der Waals surface area contributed by atoms with E-state index in [1.165, 1.54) is 38.5 Å². The molecule has 0 radical (unpaired) electrons. The molecule has 1 atom stereocenters. The highest BCUT2D eigenvalue weighted by Crippen LogP contribution is 2.61. The van der Waals surface area contributed by atoms with Crippen molar-refractivity contribution in [1.29, 1.82) is 0 Å². The number of nitrogens with two attached hydrogens (primary N) is 1. The minimum absolute atomic E-state index is 0.0620. The molecule has 4 saturated carbocycles. The van der Waals surface area contributed by atoms with E-state index in [2.05, 4.69) is 5.32 Å². The van der Waals surface area contributed by atoms with Crippen LogP contribution in [0.2, 0.25) is 0 Å². The SMILES string of the molecule is CC(N)C1CCN(C(=O)CNC(=O)CC23CC4CC(CC(C4)C2)C3)CC1. The van der Waals surface area contributed by atoms with Crippen LogP contribution in [-0.2, 0) is 9.59 Å². The van der Waals surface area contributed by atoms with Crippen LogP contribution in [0.4, 0.5) is 0 Å². The predicted octanol–water partition coefficient (Wildman–Crippen LogP) is 2.29. The standard InChI is InChI=1S/C21H35N3O2/c1-14(22)18-2-4-24(5-3-18)20(26)13-23-19(25)12-21-9-15-6-16(10-21)8-17(7-15)11-21/h14-18H,2-13,22H2,1H3,(H,23,25). The third kappa shape index (κ3) is 3.78. The monoisotopic (exact) mass is 361 g/mol. The maximum absolute atomic E-state index is 12.6. The Bertz CT molecular complexity index is 516. The molecule has 4 bridgehead atoms. The Labute approximate surface area is 157 Å². The number of nitrogens with zero attached hydrogens (tertiary/aromatic N) is 1. The van der Waals surface area contributed by atoms with Gasteiger partial charge in [0.2, 0.25) is 11.8 Å². The summed E-state index contributed by atoms with van der Waals surface area (Å²) in [5, 5.41) is 2.93. The number of piperidine rings is 1. The van der Waals surface area contributed by atoms with E-state index in [4.69, 9.17) is 5.73 Å². The van der Waals surface area contributed by atoms with Crippen LogP contribution in [0.1, 0.15) is 64.7 Å². The first-order valence-electron chi connectivity index (χ1n) is 10.7. The molecule has 26 heavy (non-hydrogen) atoms. The van der Waals surface area contributed by atoms with Gasteiger partial charge in [-0.05, 0) is 87.4 Å². The zero-order chi connectivity index (χ0) is 18.3. The van der Waals surface area contributed by atoms with Crippen molar-refractivity contribution in [3.63, 3.8) is 0 Å². The number of likely N-dealkylation sites (tertiary alicyclic amines) is 1. The Hall–Kier alpha value is -1.10. The molecule has 5 fully saturated rings. The lowest BCUT2D eigenvalue weighted by Gasteiger charge is -2.56. The Morgan fingerprint density at radius 1 is 1.08 bits per heavy atom. The van der Waals surface area contributed by atoms with Gasteiger partial charge in [-0.25, -0.2) is 0 Å². The van der Waals surface area contributed by atoms with Gasteiger partial charge in [0.25, 0.3) is 0 Å². The molecule has 4 aliphatic carbocycles. The fourth-order valence-electron chi connectivity index (χ4n) is 6.87. The number of carbonyl (C=O) groups excluding carboxylic acids is 2. The Morgan fingerprint density at radius 3 is 2.12 bits per heavy atom. The quantitative estimate of drug-likeness (QED) is 0.789. The van der Waals surface area contributed by atoms with Gasteiger partial charge < -0.3 is 16.0 Å². The van der Waals surface area contributed by atoms with Crippen LogP contribution in [0.15, 0.2) is 0 Å².